The Kier molecular flexibility index (Phi) is 6.02. The Labute approximate surface area is 162 Å². The first-order chi connectivity index (χ1) is 12.9. The lowest BCUT2D eigenvalue weighted by atomic mass is 10.3. The van der Waals surface area contributed by atoms with Crippen LogP contribution in [0.4, 0.5) is 10.1 Å². The van der Waals surface area contributed by atoms with E-state index in [9.17, 15) is 19.3 Å². The Hall–Kier alpha value is -2.52. The third kappa shape index (κ3) is 4.81. The Balaban J connectivity index is 1.63. The molecule has 3 aromatic rings. The second kappa shape index (κ2) is 8.45. The molecule has 9 heteroatoms. The summed E-state index contributed by atoms with van der Waals surface area (Å²) in [4.78, 5) is 28.2. The van der Waals surface area contributed by atoms with Crippen LogP contribution in [-0.4, -0.2) is 21.2 Å². The van der Waals surface area contributed by atoms with Gasteiger partial charge in [-0.15, -0.1) is 11.8 Å². The molecular weight excluding hydrogens is 389 g/mol. The lowest BCUT2D eigenvalue weighted by molar-refractivity contribution is -0.384. The molecule has 1 aromatic heterocycles. The first-order valence-electron chi connectivity index (χ1n) is 8.14. The normalized spacial score (nSPS) is 11.9. The van der Waals surface area contributed by atoms with Crippen molar-refractivity contribution in [3.63, 3.8) is 0 Å². The van der Waals surface area contributed by atoms with E-state index in [0.717, 1.165) is 15.3 Å². The van der Waals surface area contributed by atoms with Gasteiger partial charge >= 0.3 is 0 Å². The van der Waals surface area contributed by atoms with Crippen LogP contribution >= 0.6 is 23.1 Å². The lowest BCUT2D eigenvalue weighted by Crippen LogP contribution is -2.13. The molecule has 2 aromatic carbocycles. The lowest BCUT2D eigenvalue weighted by Gasteiger charge is -2.00. The highest BCUT2D eigenvalue weighted by molar-refractivity contribution is 7.99. The van der Waals surface area contributed by atoms with Gasteiger partial charge in [0.1, 0.15) is 5.82 Å². The standard InChI is InChI=1S/C18H16FN3O3S2/c1-21-15-11-13(22(24)25)6-9-16(15)27-18(21)20-17(23)3-2-10-26-14-7-4-12(19)5-8-14/h4-9,11H,2-3,10H2,1H3. The van der Waals surface area contributed by atoms with Crippen LogP contribution in [0.3, 0.4) is 0 Å². The molecule has 1 amide bonds. The maximum Gasteiger partial charge on any atom is 0.271 e. The van der Waals surface area contributed by atoms with Crippen LogP contribution in [0.25, 0.3) is 10.2 Å². The van der Waals surface area contributed by atoms with Gasteiger partial charge in [-0.05, 0) is 42.5 Å². The zero-order valence-electron chi connectivity index (χ0n) is 14.4. The summed E-state index contributed by atoms with van der Waals surface area (Å²) in [7, 11) is 1.74. The number of rotatable bonds is 6. The Bertz CT molecular complexity index is 1060. The summed E-state index contributed by atoms with van der Waals surface area (Å²) in [6, 6.07) is 10.8. The third-order valence-electron chi connectivity index (χ3n) is 3.84. The van der Waals surface area contributed by atoms with Crippen LogP contribution in [0.5, 0.6) is 0 Å². The van der Waals surface area contributed by atoms with E-state index >= 15 is 0 Å². The van der Waals surface area contributed by atoms with E-state index in [0.29, 0.717) is 23.2 Å². The van der Waals surface area contributed by atoms with Gasteiger partial charge in [0.05, 0.1) is 15.1 Å². The first-order valence-corrected chi connectivity index (χ1v) is 9.94. The molecule has 0 aliphatic heterocycles. The molecule has 0 unspecified atom stereocenters. The van der Waals surface area contributed by atoms with Gasteiger partial charge in [0.25, 0.3) is 5.69 Å². The number of carbonyl (C=O) groups excluding carboxylic acids is 1. The molecule has 1 heterocycles. The van der Waals surface area contributed by atoms with Gasteiger partial charge in [0.15, 0.2) is 4.80 Å². The van der Waals surface area contributed by atoms with Crippen LogP contribution in [0.2, 0.25) is 0 Å². The minimum absolute atomic E-state index is 0.00611. The number of thiazole rings is 1. The van der Waals surface area contributed by atoms with E-state index < -0.39 is 4.92 Å². The number of amides is 1. The fourth-order valence-electron chi connectivity index (χ4n) is 2.44. The number of nitrogens with zero attached hydrogens (tertiary/aromatic N) is 3. The van der Waals surface area contributed by atoms with Crippen LogP contribution in [0.15, 0.2) is 52.4 Å². The summed E-state index contributed by atoms with van der Waals surface area (Å²) in [6.07, 6.45) is 0.965. The minimum atomic E-state index is -0.447. The highest BCUT2D eigenvalue weighted by atomic mass is 32.2. The van der Waals surface area contributed by atoms with Gasteiger partial charge in [-0.2, -0.15) is 4.99 Å². The Morgan fingerprint density at radius 1 is 1.30 bits per heavy atom. The van der Waals surface area contributed by atoms with Crippen molar-refractivity contribution < 1.29 is 14.1 Å². The number of benzene rings is 2. The quantitative estimate of drug-likeness (QED) is 0.265. The van der Waals surface area contributed by atoms with Crippen LogP contribution < -0.4 is 4.80 Å². The number of hydrogen-bond donors (Lipinski definition) is 0. The number of carbonyl (C=O) groups is 1. The minimum Gasteiger partial charge on any atom is -0.319 e. The average Bonchev–Trinajstić information content (AvgIpc) is 2.95. The molecule has 0 bridgehead atoms. The molecule has 0 fully saturated rings. The number of fused-ring (bicyclic) bond motifs is 1. The number of thioether (sulfide) groups is 1. The fourth-order valence-corrected chi connectivity index (χ4v) is 4.31. The van der Waals surface area contributed by atoms with Crippen molar-refractivity contribution in [2.24, 2.45) is 12.0 Å². The highest BCUT2D eigenvalue weighted by Gasteiger charge is 2.11. The van der Waals surface area contributed by atoms with Gasteiger partial charge < -0.3 is 4.57 Å². The number of non-ortho nitro benzene ring substituents is 1. The van der Waals surface area contributed by atoms with Crippen LogP contribution in [-0.2, 0) is 11.8 Å². The molecule has 3 rings (SSSR count). The van der Waals surface area contributed by atoms with Gasteiger partial charge in [0, 0.05) is 30.5 Å². The van der Waals surface area contributed by atoms with Crippen molar-refractivity contribution in [2.45, 2.75) is 17.7 Å². The van der Waals surface area contributed by atoms with Crippen molar-refractivity contribution in [1.82, 2.24) is 4.57 Å². The average molecular weight is 405 g/mol. The van der Waals surface area contributed by atoms with Gasteiger partial charge in [-0.1, -0.05) is 11.3 Å². The van der Waals surface area contributed by atoms with E-state index in [1.807, 2.05) is 0 Å². The Morgan fingerprint density at radius 3 is 2.74 bits per heavy atom. The maximum atomic E-state index is 12.9. The largest absolute Gasteiger partial charge is 0.319 e. The van der Waals surface area contributed by atoms with Crippen molar-refractivity contribution in [3.8, 4) is 0 Å². The maximum absolute atomic E-state index is 12.9. The van der Waals surface area contributed by atoms with Crippen molar-refractivity contribution in [2.75, 3.05) is 5.75 Å². The molecule has 0 atom stereocenters. The molecule has 0 aliphatic rings. The van der Waals surface area contributed by atoms with Gasteiger partial charge in [-0.25, -0.2) is 4.39 Å². The van der Waals surface area contributed by atoms with E-state index in [1.54, 1.807) is 41.6 Å². The fraction of sp³-hybridized carbons (Fsp3) is 0.222. The second-order valence-corrected chi connectivity index (χ2v) is 7.94. The van der Waals surface area contributed by atoms with Crippen molar-refractivity contribution >= 4 is 44.9 Å². The van der Waals surface area contributed by atoms with E-state index in [2.05, 4.69) is 4.99 Å². The predicted octanol–water partition coefficient (Wildman–Crippen LogP) is 4.29. The summed E-state index contributed by atoms with van der Waals surface area (Å²) in [5.41, 5.74) is 0.680. The van der Waals surface area contributed by atoms with Gasteiger partial charge in [-0.3, -0.25) is 14.9 Å². The SMILES string of the molecule is Cn1c(=NC(=O)CCCSc2ccc(F)cc2)sc2ccc([N+](=O)[O-])cc21. The van der Waals surface area contributed by atoms with E-state index in [-0.39, 0.29) is 17.4 Å². The molecular formula is C18H16FN3O3S2. The molecule has 6 nitrogen and oxygen atoms in total. The predicted molar refractivity (Wildman–Crippen MR) is 104 cm³/mol. The number of halogens is 1. The molecule has 0 radical (unpaired) electrons. The molecule has 0 N–H and O–H groups in total. The zero-order valence-corrected chi connectivity index (χ0v) is 16.1. The van der Waals surface area contributed by atoms with Crippen LogP contribution in [0.1, 0.15) is 12.8 Å². The number of hydrogen-bond acceptors (Lipinski definition) is 5. The molecule has 140 valence electrons. The third-order valence-corrected chi connectivity index (χ3v) is 6.05. The van der Waals surface area contributed by atoms with Crippen molar-refractivity contribution in [1.29, 1.82) is 0 Å². The molecule has 27 heavy (non-hydrogen) atoms. The monoisotopic (exact) mass is 405 g/mol. The topological polar surface area (TPSA) is 77.5 Å². The summed E-state index contributed by atoms with van der Waals surface area (Å²) >= 11 is 2.88. The summed E-state index contributed by atoms with van der Waals surface area (Å²) < 4.78 is 15.4. The molecule has 0 saturated heterocycles. The number of aromatic nitrogens is 1. The molecule has 0 saturated carbocycles. The second-order valence-electron chi connectivity index (χ2n) is 5.76. The van der Waals surface area contributed by atoms with Gasteiger partial charge in [0.2, 0.25) is 5.91 Å². The zero-order chi connectivity index (χ0) is 19.4. The summed E-state index contributed by atoms with van der Waals surface area (Å²) in [6.45, 7) is 0. The van der Waals surface area contributed by atoms with E-state index in [1.165, 1.54) is 35.6 Å². The highest BCUT2D eigenvalue weighted by Crippen LogP contribution is 2.22. The summed E-state index contributed by atoms with van der Waals surface area (Å²) in [5.74, 6) is 0.235. The van der Waals surface area contributed by atoms with E-state index in [4.69, 9.17) is 0 Å². The molecule has 0 aliphatic carbocycles. The first kappa shape index (κ1) is 19.2. The number of aryl methyl sites for hydroxylation is 1. The number of nitro benzene ring substituents is 1. The Morgan fingerprint density at radius 2 is 2.04 bits per heavy atom. The molecule has 0 spiro atoms. The van der Waals surface area contributed by atoms with Crippen molar-refractivity contribution in [3.05, 3.63) is 63.2 Å². The number of nitro groups is 1. The smallest absolute Gasteiger partial charge is 0.271 e. The van der Waals surface area contributed by atoms with Crippen LogP contribution in [0, 0.1) is 15.9 Å². The summed E-state index contributed by atoms with van der Waals surface area (Å²) in [5, 5.41) is 10.9.